The Bertz CT molecular complexity index is 757. The third-order valence-corrected chi connectivity index (χ3v) is 4.52. The molecule has 1 heterocycles. The topological polar surface area (TPSA) is 98.5 Å². The fourth-order valence-corrected chi connectivity index (χ4v) is 3.06. The fraction of sp³-hybridized carbons (Fsp3) is 0.278. The molecule has 3 N–H and O–H groups in total. The van der Waals surface area contributed by atoms with Gasteiger partial charge in [-0.3, -0.25) is 14.4 Å². The van der Waals surface area contributed by atoms with Gasteiger partial charge in [0.05, 0.1) is 12.0 Å². The zero-order valence-electron chi connectivity index (χ0n) is 14.0. The molecule has 0 bridgehead atoms. The molecule has 1 aromatic heterocycles. The van der Waals surface area contributed by atoms with Crippen LogP contribution in [0.4, 0.5) is 5.00 Å². The van der Waals surface area contributed by atoms with Crippen molar-refractivity contribution in [2.45, 2.75) is 32.3 Å². The van der Waals surface area contributed by atoms with Crippen molar-refractivity contribution >= 4 is 34.1 Å². The van der Waals surface area contributed by atoms with E-state index in [4.69, 9.17) is 10.5 Å². The minimum atomic E-state index is -0.974. The number of primary amides is 1. The van der Waals surface area contributed by atoms with Crippen LogP contribution in [-0.2, 0) is 14.3 Å². The summed E-state index contributed by atoms with van der Waals surface area (Å²) < 4.78 is 5.19. The van der Waals surface area contributed by atoms with Crippen LogP contribution in [0.25, 0.3) is 0 Å². The molecule has 6 nitrogen and oxygen atoms in total. The van der Waals surface area contributed by atoms with Crippen molar-refractivity contribution in [1.82, 2.24) is 0 Å². The molecule has 2 aromatic rings. The van der Waals surface area contributed by atoms with Gasteiger partial charge in [-0.2, -0.15) is 0 Å². The summed E-state index contributed by atoms with van der Waals surface area (Å²) >= 11 is 1.18. The maximum atomic E-state index is 12.1. The third kappa shape index (κ3) is 5.15. The lowest BCUT2D eigenvalue weighted by Gasteiger charge is -2.15. The van der Waals surface area contributed by atoms with Gasteiger partial charge in [-0.1, -0.05) is 37.3 Å². The molecule has 1 aromatic carbocycles. The van der Waals surface area contributed by atoms with E-state index in [0.29, 0.717) is 5.00 Å². The summed E-state index contributed by atoms with van der Waals surface area (Å²) in [5, 5.41) is 4.56. The van der Waals surface area contributed by atoms with Gasteiger partial charge in [-0.15, -0.1) is 11.3 Å². The fourth-order valence-electron chi connectivity index (χ4n) is 2.26. The highest BCUT2D eigenvalue weighted by Crippen LogP contribution is 2.23. The molecular formula is C18H20N2O4S. The number of carbonyl (C=O) groups is 3. The zero-order valence-corrected chi connectivity index (χ0v) is 14.8. The standard InChI is InChI=1S/C18H20N2O4S/c1-11(13-6-4-3-5-7-13)10-15(21)24-12(2)17(23)20-18-14(16(19)22)8-9-25-18/h3-9,11-12H,10H2,1-2H3,(H2,19,22)(H,20,23)/t11-,12-/m0/s1. The first-order chi connectivity index (χ1) is 11.9. The number of carbonyl (C=O) groups excluding carboxylic acids is 3. The van der Waals surface area contributed by atoms with E-state index in [2.05, 4.69) is 5.32 Å². The van der Waals surface area contributed by atoms with Crippen molar-refractivity contribution in [2.24, 2.45) is 5.73 Å². The van der Waals surface area contributed by atoms with Gasteiger partial charge in [0.15, 0.2) is 6.10 Å². The Balaban J connectivity index is 1.89. The van der Waals surface area contributed by atoms with Gasteiger partial charge in [0.25, 0.3) is 11.8 Å². The molecule has 0 unspecified atom stereocenters. The van der Waals surface area contributed by atoms with Crippen LogP contribution in [0.2, 0.25) is 0 Å². The minimum absolute atomic E-state index is 0.0114. The number of nitrogens with two attached hydrogens (primary N) is 1. The number of hydrogen-bond acceptors (Lipinski definition) is 5. The third-order valence-electron chi connectivity index (χ3n) is 3.69. The number of nitrogens with one attached hydrogen (secondary N) is 1. The maximum Gasteiger partial charge on any atom is 0.307 e. The Morgan fingerprint density at radius 3 is 2.48 bits per heavy atom. The summed E-state index contributed by atoms with van der Waals surface area (Å²) in [7, 11) is 0. The van der Waals surface area contributed by atoms with Crippen LogP contribution in [0.3, 0.4) is 0 Å². The van der Waals surface area contributed by atoms with Gasteiger partial charge in [-0.05, 0) is 29.9 Å². The van der Waals surface area contributed by atoms with Crippen molar-refractivity contribution in [3.05, 3.63) is 52.9 Å². The average Bonchev–Trinajstić information content (AvgIpc) is 3.03. The number of ether oxygens (including phenoxy) is 1. The van der Waals surface area contributed by atoms with Crippen molar-refractivity contribution in [3.63, 3.8) is 0 Å². The predicted molar refractivity (Wildman–Crippen MR) is 96.5 cm³/mol. The predicted octanol–water partition coefficient (Wildman–Crippen LogP) is 2.91. The second-order valence-corrected chi connectivity index (χ2v) is 6.58. The number of thiophene rings is 1. The molecule has 0 aliphatic heterocycles. The van der Waals surface area contributed by atoms with Crippen LogP contribution in [0, 0.1) is 0 Å². The van der Waals surface area contributed by atoms with Crippen LogP contribution in [0.5, 0.6) is 0 Å². The monoisotopic (exact) mass is 360 g/mol. The summed E-state index contributed by atoms with van der Waals surface area (Å²) in [5.74, 6) is -1.61. The van der Waals surface area contributed by atoms with E-state index in [1.165, 1.54) is 24.3 Å². The number of rotatable bonds is 7. The SMILES string of the molecule is C[C@H](OC(=O)C[C@H](C)c1ccccc1)C(=O)Nc1sccc1C(N)=O. The highest BCUT2D eigenvalue weighted by Gasteiger charge is 2.22. The zero-order chi connectivity index (χ0) is 18.4. The summed E-state index contributed by atoms with van der Waals surface area (Å²) in [6.07, 6.45) is -0.800. The Morgan fingerprint density at radius 1 is 1.16 bits per heavy atom. The molecule has 0 saturated carbocycles. The quantitative estimate of drug-likeness (QED) is 0.742. The molecule has 0 fully saturated rings. The van der Waals surface area contributed by atoms with Crippen LogP contribution in [-0.4, -0.2) is 23.9 Å². The van der Waals surface area contributed by atoms with E-state index in [9.17, 15) is 14.4 Å². The Labute approximate surface area is 150 Å². The molecule has 2 atom stereocenters. The molecule has 0 aliphatic rings. The summed E-state index contributed by atoms with van der Waals surface area (Å²) in [5.41, 5.74) is 6.49. The normalized spacial score (nSPS) is 12.9. The van der Waals surface area contributed by atoms with E-state index in [1.54, 1.807) is 5.38 Å². The lowest BCUT2D eigenvalue weighted by Crippen LogP contribution is -2.30. The van der Waals surface area contributed by atoms with Crippen molar-refractivity contribution in [3.8, 4) is 0 Å². The number of benzene rings is 1. The molecular weight excluding hydrogens is 340 g/mol. The van der Waals surface area contributed by atoms with Gasteiger partial charge in [-0.25, -0.2) is 0 Å². The molecule has 2 amide bonds. The first-order valence-electron chi connectivity index (χ1n) is 7.81. The van der Waals surface area contributed by atoms with Crippen LogP contribution in [0.1, 0.15) is 42.1 Å². The first kappa shape index (κ1) is 18.7. The lowest BCUT2D eigenvalue weighted by molar-refractivity contribution is -0.153. The maximum absolute atomic E-state index is 12.1. The second kappa shape index (κ2) is 8.43. The summed E-state index contributed by atoms with van der Waals surface area (Å²) in [6, 6.07) is 11.1. The average molecular weight is 360 g/mol. The number of anilines is 1. The number of hydrogen-bond donors (Lipinski definition) is 2. The lowest BCUT2D eigenvalue weighted by atomic mass is 9.98. The Kier molecular flexibility index (Phi) is 6.30. The van der Waals surface area contributed by atoms with E-state index in [0.717, 1.165) is 5.56 Å². The van der Waals surface area contributed by atoms with Gasteiger partial charge in [0.2, 0.25) is 0 Å². The van der Waals surface area contributed by atoms with Gasteiger partial charge >= 0.3 is 5.97 Å². The smallest absolute Gasteiger partial charge is 0.307 e. The molecule has 0 saturated heterocycles. The van der Waals surface area contributed by atoms with Gasteiger partial charge in [0, 0.05) is 0 Å². The Morgan fingerprint density at radius 2 is 1.84 bits per heavy atom. The molecule has 2 rings (SSSR count). The minimum Gasteiger partial charge on any atom is -0.453 e. The van der Waals surface area contributed by atoms with Crippen molar-refractivity contribution in [2.75, 3.05) is 5.32 Å². The van der Waals surface area contributed by atoms with E-state index < -0.39 is 23.9 Å². The van der Waals surface area contributed by atoms with Gasteiger partial charge < -0.3 is 15.8 Å². The van der Waals surface area contributed by atoms with E-state index >= 15 is 0 Å². The van der Waals surface area contributed by atoms with Crippen LogP contribution < -0.4 is 11.1 Å². The van der Waals surface area contributed by atoms with Crippen molar-refractivity contribution in [1.29, 1.82) is 0 Å². The van der Waals surface area contributed by atoms with Crippen LogP contribution in [0.15, 0.2) is 41.8 Å². The van der Waals surface area contributed by atoms with Crippen LogP contribution >= 0.6 is 11.3 Å². The van der Waals surface area contributed by atoms with Crippen molar-refractivity contribution < 1.29 is 19.1 Å². The number of amides is 2. The van der Waals surface area contributed by atoms with E-state index in [1.807, 2.05) is 37.3 Å². The van der Waals surface area contributed by atoms with Gasteiger partial charge in [0.1, 0.15) is 5.00 Å². The molecule has 7 heteroatoms. The van der Waals surface area contributed by atoms with E-state index in [-0.39, 0.29) is 17.9 Å². The summed E-state index contributed by atoms with van der Waals surface area (Å²) in [4.78, 5) is 35.4. The molecule has 0 aliphatic carbocycles. The Hall–Kier alpha value is -2.67. The summed E-state index contributed by atoms with van der Waals surface area (Å²) in [6.45, 7) is 3.41. The highest BCUT2D eigenvalue weighted by atomic mass is 32.1. The highest BCUT2D eigenvalue weighted by molar-refractivity contribution is 7.14. The largest absolute Gasteiger partial charge is 0.453 e. The molecule has 132 valence electrons. The second-order valence-electron chi connectivity index (χ2n) is 5.66. The number of esters is 1. The molecule has 25 heavy (non-hydrogen) atoms. The first-order valence-corrected chi connectivity index (χ1v) is 8.69. The molecule has 0 radical (unpaired) electrons. The molecule has 0 spiro atoms.